The molecule has 1 heterocycles. The Balaban J connectivity index is 2.80. The van der Waals surface area contributed by atoms with Crippen LogP contribution in [0.4, 0.5) is 0 Å². The van der Waals surface area contributed by atoms with Gasteiger partial charge in [-0.1, -0.05) is 15.9 Å². The first kappa shape index (κ1) is 11.2. The van der Waals surface area contributed by atoms with Crippen LogP contribution >= 0.6 is 61.6 Å². The van der Waals surface area contributed by atoms with E-state index in [9.17, 15) is 0 Å². The third kappa shape index (κ3) is 1.86. The molecule has 0 unspecified atom stereocenters. The normalized spacial score (nSPS) is 11.1. The maximum atomic E-state index is 3.57. The number of halogens is 2. The van der Waals surface area contributed by atoms with Crippen LogP contribution in [0.1, 0.15) is 5.56 Å². The van der Waals surface area contributed by atoms with Gasteiger partial charge in [0, 0.05) is 18.5 Å². The molecule has 74 valence electrons. The van der Waals surface area contributed by atoms with Crippen LogP contribution < -0.4 is 0 Å². The Morgan fingerprint density at radius 2 is 2.36 bits per heavy atom. The van der Waals surface area contributed by atoms with E-state index in [-0.39, 0.29) is 0 Å². The number of thioether (sulfide) groups is 1. The summed E-state index contributed by atoms with van der Waals surface area (Å²) >= 11 is 9.65. The Morgan fingerprint density at radius 3 is 3.00 bits per heavy atom. The fourth-order valence-corrected chi connectivity index (χ4v) is 5.28. The van der Waals surface area contributed by atoms with E-state index in [1.54, 1.807) is 0 Å². The minimum atomic E-state index is 0.937. The smallest absolute Gasteiger partial charge is 0.0357 e. The van der Waals surface area contributed by atoms with E-state index < -0.39 is 0 Å². The van der Waals surface area contributed by atoms with Gasteiger partial charge < -0.3 is 0 Å². The second kappa shape index (κ2) is 4.72. The molecule has 2 rings (SSSR count). The van der Waals surface area contributed by atoms with Crippen LogP contribution in [-0.4, -0.2) is 6.26 Å². The van der Waals surface area contributed by atoms with Gasteiger partial charge in [-0.25, -0.2) is 0 Å². The number of benzene rings is 1. The Morgan fingerprint density at radius 1 is 1.57 bits per heavy atom. The fraction of sp³-hybridized carbons (Fsp3) is 0.200. The monoisotopic (exact) mass is 398 g/mol. The highest BCUT2D eigenvalue weighted by molar-refractivity contribution is 14.1. The lowest BCUT2D eigenvalue weighted by Gasteiger charge is -2.07. The standard InChI is InChI=1S/C10H8BrIS2/c1-13-9-4-8-6(2-3-14-8)7(5-11)10(9)12/h2-4H,5H2,1H3. The number of alkyl halides is 1. The summed E-state index contributed by atoms with van der Waals surface area (Å²) in [5.74, 6) is 0. The van der Waals surface area contributed by atoms with Gasteiger partial charge in [0.2, 0.25) is 0 Å². The maximum absolute atomic E-state index is 3.57. The first-order valence-electron chi connectivity index (χ1n) is 4.06. The molecule has 0 amide bonds. The van der Waals surface area contributed by atoms with Crippen molar-refractivity contribution >= 4 is 71.7 Å². The lowest BCUT2D eigenvalue weighted by molar-refractivity contribution is 1.34. The van der Waals surface area contributed by atoms with E-state index in [1.165, 1.54) is 24.1 Å². The Kier molecular flexibility index (Phi) is 3.79. The molecular formula is C10H8BrIS2. The second-order valence-electron chi connectivity index (χ2n) is 2.84. The zero-order valence-corrected chi connectivity index (χ0v) is 12.9. The molecule has 0 spiro atoms. The molecule has 0 atom stereocenters. The molecule has 0 nitrogen and oxygen atoms in total. The predicted octanol–water partition coefficient (Wildman–Crippen LogP) is 5.12. The van der Waals surface area contributed by atoms with Crippen LogP contribution in [0.2, 0.25) is 0 Å². The minimum absolute atomic E-state index is 0.937. The molecule has 0 saturated carbocycles. The van der Waals surface area contributed by atoms with Gasteiger partial charge in [0.25, 0.3) is 0 Å². The van der Waals surface area contributed by atoms with Crippen LogP contribution in [-0.2, 0) is 5.33 Å². The largest absolute Gasteiger partial charge is 0.144 e. The molecule has 0 aliphatic carbocycles. The van der Waals surface area contributed by atoms with Crippen molar-refractivity contribution in [3.63, 3.8) is 0 Å². The predicted molar refractivity (Wildman–Crippen MR) is 79.0 cm³/mol. The summed E-state index contributed by atoms with van der Waals surface area (Å²) in [4.78, 5) is 1.38. The summed E-state index contributed by atoms with van der Waals surface area (Å²) in [5, 5.41) is 4.50. The lowest BCUT2D eigenvalue weighted by Crippen LogP contribution is -1.88. The van der Waals surface area contributed by atoms with Crippen molar-refractivity contribution in [3.05, 3.63) is 26.6 Å². The van der Waals surface area contributed by atoms with Crippen LogP contribution in [0.3, 0.4) is 0 Å². The molecule has 0 fully saturated rings. The van der Waals surface area contributed by atoms with Crippen molar-refractivity contribution in [1.82, 2.24) is 0 Å². The van der Waals surface area contributed by atoms with Gasteiger partial charge in [-0.3, -0.25) is 0 Å². The van der Waals surface area contributed by atoms with Gasteiger partial charge >= 0.3 is 0 Å². The summed E-state index contributed by atoms with van der Waals surface area (Å²) in [7, 11) is 0. The highest BCUT2D eigenvalue weighted by atomic mass is 127. The summed E-state index contributed by atoms with van der Waals surface area (Å²) in [6.45, 7) is 0. The molecule has 1 aromatic carbocycles. The molecule has 0 saturated heterocycles. The first-order valence-corrected chi connectivity index (χ1v) is 8.37. The Bertz CT molecular complexity index is 464. The van der Waals surface area contributed by atoms with Gasteiger partial charge in [-0.2, -0.15) is 0 Å². The zero-order valence-electron chi connectivity index (χ0n) is 7.51. The summed E-state index contributed by atoms with van der Waals surface area (Å²) in [5.41, 5.74) is 1.42. The average molecular weight is 399 g/mol. The molecular weight excluding hydrogens is 391 g/mol. The number of rotatable bonds is 2. The van der Waals surface area contributed by atoms with Crippen molar-refractivity contribution < 1.29 is 0 Å². The highest BCUT2D eigenvalue weighted by Crippen LogP contribution is 2.35. The van der Waals surface area contributed by atoms with E-state index in [4.69, 9.17) is 0 Å². The molecule has 14 heavy (non-hydrogen) atoms. The number of thiophene rings is 1. The van der Waals surface area contributed by atoms with E-state index in [0.29, 0.717) is 0 Å². The van der Waals surface area contributed by atoms with E-state index in [2.05, 4.69) is 62.3 Å². The molecule has 0 bridgehead atoms. The lowest BCUT2D eigenvalue weighted by atomic mass is 10.1. The Labute approximate surface area is 114 Å². The second-order valence-corrected chi connectivity index (χ2v) is 6.27. The van der Waals surface area contributed by atoms with Crippen molar-refractivity contribution in [3.8, 4) is 0 Å². The molecule has 1 aromatic heterocycles. The molecule has 0 N–H and O–H groups in total. The third-order valence-corrected chi connectivity index (χ3v) is 5.90. The van der Waals surface area contributed by atoms with E-state index in [0.717, 1.165) is 5.33 Å². The molecule has 0 aliphatic rings. The Hall–Kier alpha value is 0.740. The van der Waals surface area contributed by atoms with Gasteiger partial charge in [0.05, 0.1) is 0 Å². The first-order chi connectivity index (χ1) is 6.77. The SMILES string of the molecule is CSc1cc2sccc2c(CBr)c1I. The van der Waals surface area contributed by atoms with E-state index in [1.807, 2.05) is 23.1 Å². The van der Waals surface area contributed by atoms with Crippen LogP contribution in [0, 0.1) is 3.57 Å². The van der Waals surface area contributed by atoms with Gasteiger partial charge in [0.15, 0.2) is 0 Å². The van der Waals surface area contributed by atoms with Gasteiger partial charge in [-0.05, 0) is 57.3 Å². The molecule has 0 radical (unpaired) electrons. The zero-order chi connectivity index (χ0) is 10.1. The van der Waals surface area contributed by atoms with Crippen molar-refractivity contribution in [2.75, 3.05) is 6.26 Å². The summed E-state index contributed by atoms with van der Waals surface area (Å²) in [6.07, 6.45) is 2.13. The van der Waals surface area contributed by atoms with Crippen LogP contribution in [0.5, 0.6) is 0 Å². The van der Waals surface area contributed by atoms with Crippen molar-refractivity contribution in [2.24, 2.45) is 0 Å². The summed E-state index contributed by atoms with van der Waals surface area (Å²) in [6, 6.07) is 4.50. The number of hydrogen-bond acceptors (Lipinski definition) is 2. The molecule has 0 aliphatic heterocycles. The van der Waals surface area contributed by atoms with Crippen LogP contribution in [0.25, 0.3) is 10.1 Å². The average Bonchev–Trinajstić information content (AvgIpc) is 2.64. The highest BCUT2D eigenvalue weighted by Gasteiger charge is 2.10. The van der Waals surface area contributed by atoms with Crippen molar-refractivity contribution in [1.29, 1.82) is 0 Å². The maximum Gasteiger partial charge on any atom is 0.0357 e. The quantitative estimate of drug-likeness (QED) is 0.384. The minimum Gasteiger partial charge on any atom is -0.144 e. The third-order valence-electron chi connectivity index (χ3n) is 2.12. The number of hydrogen-bond donors (Lipinski definition) is 0. The van der Waals surface area contributed by atoms with Crippen LogP contribution in [0.15, 0.2) is 22.4 Å². The van der Waals surface area contributed by atoms with Gasteiger partial charge in [-0.15, -0.1) is 23.1 Å². The molecule has 4 heteroatoms. The van der Waals surface area contributed by atoms with Gasteiger partial charge in [0.1, 0.15) is 0 Å². The summed E-state index contributed by atoms with van der Waals surface area (Å²) < 4.78 is 2.78. The van der Waals surface area contributed by atoms with Crippen molar-refractivity contribution in [2.45, 2.75) is 10.2 Å². The topological polar surface area (TPSA) is 0 Å². The van der Waals surface area contributed by atoms with E-state index >= 15 is 0 Å². The molecule has 2 aromatic rings. The fourth-order valence-electron chi connectivity index (χ4n) is 1.41. The number of fused-ring (bicyclic) bond motifs is 1.